The zero-order valence-electron chi connectivity index (χ0n) is 13.2. The van der Waals surface area contributed by atoms with Gasteiger partial charge in [-0.2, -0.15) is 0 Å². The van der Waals surface area contributed by atoms with E-state index < -0.39 is 0 Å². The Morgan fingerprint density at radius 2 is 2.00 bits per heavy atom. The monoisotopic (exact) mass is 310 g/mol. The van der Waals surface area contributed by atoms with Gasteiger partial charge in [0.15, 0.2) is 0 Å². The molecule has 1 amide bonds. The Morgan fingerprint density at radius 3 is 2.62 bits per heavy atom. The van der Waals surface area contributed by atoms with Crippen LogP contribution in [0.5, 0.6) is 0 Å². The van der Waals surface area contributed by atoms with Crippen LogP contribution in [-0.4, -0.2) is 19.0 Å². The molecule has 1 aliphatic heterocycles. The first-order valence-electron chi connectivity index (χ1n) is 7.64. The normalized spacial score (nSPS) is 16.9. The molecule has 1 aliphatic rings. The van der Waals surface area contributed by atoms with Crippen LogP contribution >= 0.6 is 12.4 Å². The second-order valence-corrected chi connectivity index (χ2v) is 6.14. The Bertz CT molecular complexity index is 470. The van der Waals surface area contributed by atoms with Gasteiger partial charge in [-0.15, -0.1) is 12.4 Å². The van der Waals surface area contributed by atoms with Crippen LogP contribution in [0.15, 0.2) is 18.2 Å². The van der Waals surface area contributed by atoms with E-state index in [0.29, 0.717) is 18.3 Å². The maximum Gasteiger partial charge on any atom is 0.224 e. The highest BCUT2D eigenvalue weighted by Gasteiger charge is 2.22. The predicted octanol–water partition coefficient (Wildman–Crippen LogP) is 3.69. The Balaban J connectivity index is 0.00000220. The number of rotatable bonds is 4. The predicted molar refractivity (Wildman–Crippen MR) is 91.2 cm³/mol. The smallest absolute Gasteiger partial charge is 0.224 e. The molecular formula is C17H27ClN2O. The van der Waals surface area contributed by atoms with Crippen LogP contribution in [0, 0.1) is 25.7 Å². The minimum atomic E-state index is 0. The van der Waals surface area contributed by atoms with Crippen molar-refractivity contribution < 1.29 is 4.79 Å². The fourth-order valence-corrected chi connectivity index (χ4v) is 3.03. The number of amides is 1. The molecule has 1 unspecified atom stereocenters. The lowest BCUT2D eigenvalue weighted by Crippen LogP contribution is -2.32. The van der Waals surface area contributed by atoms with E-state index >= 15 is 0 Å². The highest BCUT2D eigenvalue weighted by Crippen LogP contribution is 2.25. The average molecular weight is 311 g/mol. The molecule has 2 rings (SSSR count). The van der Waals surface area contributed by atoms with Gasteiger partial charge in [0, 0.05) is 12.1 Å². The van der Waals surface area contributed by atoms with E-state index in [1.165, 1.54) is 18.4 Å². The first kappa shape index (κ1) is 18.0. The molecule has 0 aromatic heterocycles. The Labute approximate surface area is 134 Å². The second kappa shape index (κ2) is 8.40. The zero-order valence-corrected chi connectivity index (χ0v) is 14.1. The van der Waals surface area contributed by atoms with Gasteiger partial charge in [-0.25, -0.2) is 0 Å². The van der Waals surface area contributed by atoms with E-state index in [2.05, 4.69) is 30.5 Å². The lowest BCUT2D eigenvalue weighted by Gasteiger charge is -2.28. The van der Waals surface area contributed by atoms with Crippen LogP contribution in [0.25, 0.3) is 0 Å². The zero-order chi connectivity index (χ0) is 14.5. The number of aryl methyl sites for hydroxylation is 2. The van der Waals surface area contributed by atoms with Crippen molar-refractivity contribution in [3.8, 4) is 0 Å². The van der Waals surface area contributed by atoms with Crippen LogP contribution < -0.4 is 10.6 Å². The van der Waals surface area contributed by atoms with Crippen molar-refractivity contribution in [2.24, 2.45) is 11.8 Å². The number of carbonyl (C=O) groups is 1. The number of anilines is 1. The van der Waals surface area contributed by atoms with Crippen LogP contribution in [0.4, 0.5) is 5.69 Å². The van der Waals surface area contributed by atoms with E-state index in [-0.39, 0.29) is 18.3 Å². The molecule has 0 spiro atoms. The van der Waals surface area contributed by atoms with Gasteiger partial charge in [0.2, 0.25) is 5.91 Å². The van der Waals surface area contributed by atoms with E-state index in [0.717, 1.165) is 24.3 Å². The molecule has 0 radical (unpaired) electrons. The molecule has 1 aromatic rings. The summed E-state index contributed by atoms with van der Waals surface area (Å²) in [7, 11) is 0. The fraction of sp³-hybridized carbons (Fsp3) is 0.588. The van der Waals surface area contributed by atoms with Gasteiger partial charge >= 0.3 is 0 Å². The summed E-state index contributed by atoms with van der Waals surface area (Å²) < 4.78 is 0. The molecule has 3 nitrogen and oxygen atoms in total. The Kier molecular flexibility index (Phi) is 7.20. The van der Waals surface area contributed by atoms with Crippen molar-refractivity contribution >= 4 is 24.0 Å². The van der Waals surface area contributed by atoms with Gasteiger partial charge < -0.3 is 10.6 Å². The van der Waals surface area contributed by atoms with Crippen molar-refractivity contribution in [2.45, 2.75) is 40.0 Å². The second-order valence-electron chi connectivity index (χ2n) is 6.14. The van der Waals surface area contributed by atoms with E-state index in [1.54, 1.807) is 0 Å². The standard InChI is InChI=1S/C17H26N2O.ClH/c1-12-4-5-16(14(3)10-12)19-17(20)11-13(2)15-6-8-18-9-7-15;/h4-5,10,13,15,18H,6-9,11H2,1-3H3,(H,19,20);1H. The molecule has 1 aromatic carbocycles. The number of benzene rings is 1. The van der Waals surface area contributed by atoms with Crippen LogP contribution in [0.1, 0.15) is 37.3 Å². The fourth-order valence-electron chi connectivity index (χ4n) is 3.03. The summed E-state index contributed by atoms with van der Waals surface area (Å²) in [5, 5.41) is 6.43. The van der Waals surface area contributed by atoms with E-state index in [4.69, 9.17) is 0 Å². The van der Waals surface area contributed by atoms with Crippen molar-refractivity contribution in [1.29, 1.82) is 0 Å². The maximum absolute atomic E-state index is 12.2. The molecule has 21 heavy (non-hydrogen) atoms. The molecule has 1 fully saturated rings. The molecule has 2 N–H and O–H groups in total. The van der Waals surface area contributed by atoms with Gasteiger partial charge in [-0.1, -0.05) is 24.6 Å². The van der Waals surface area contributed by atoms with Crippen molar-refractivity contribution in [2.75, 3.05) is 18.4 Å². The number of hydrogen-bond acceptors (Lipinski definition) is 2. The Morgan fingerprint density at radius 1 is 1.33 bits per heavy atom. The van der Waals surface area contributed by atoms with Crippen molar-refractivity contribution in [3.63, 3.8) is 0 Å². The number of hydrogen-bond donors (Lipinski definition) is 2. The molecular weight excluding hydrogens is 284 g/mol. The van der Waals surface area contributed by atoms with Crippen LogP contribution in [0.2, 0.25) is 0 Å². The third-order valence-corrected chi connectivity index (χ3v) is 4.35. The molecule has 1 saturated heterocycles. The third-order valence-electron chi connectivity index (χ3n) is 4.35. The first-order valence-corrected chi connectivity index (χ1v) is 7.64. The van der Waals surface area contributed by atoms with Crippen LogP contribution in [0.3, 0.4) is 0 Å². The van der Waals surface area contributed by atoms with Crippen LogP contribution in [-0.2, 0) is 4.79 Å². The minimum Gasteiger partial charge on any atom is -0.326 e. The van der Waals surface area contributed by atoms with Gasteiger partial charge in [0.05, 0.1) is 0 Å². The minimum absolute atomic E-state index is 0. The summed E-state index contributed by atoms with van der Waals surface area (Å²) in [5.74, 6) is 1.28. The topological polar surface area (TPSA) is 41.1 Å². The van der Waals surface area contributed by atoms with Gasteiger partial charge in [-0.3, -0.25) is 4.79 Å². The molecule has 1 atom stereocenters. The van der Waals surface area contributed by atoms with E-state index in [9.17, 15) is 4.79 Å². The highest BCUT2D eigenvalue weighted by atomic mass is 35.5. The number of halogens is 1. The molecule has 0 saturated carbocycles. The number of nitrogens with one attached hydrogen (secondary N) is 2. The molecule has 1 heterocycles. The SMILES string of the molecule is Cc1ccc(NC(=O)CC(C)C2CCNCC2)c(C)c1.Cl. The average Bonchev–Trinajstić information content (AvgIpc) is 2.43. The maximum atomic E-state index is 12.2. The first-order chi connectivity index (χ1) is 9.56. The third kappa shape index (κ3) is 5.33. The molecule has 4 heteroatoms. The summed E-state index contributed by atoms with van der Waals surface area (Å²) >= 11 is 0. The molecule has 118 valence electrons. The van der Waals surface area contributed by atoms with Crippen molar-refractivity contribution in [3.05, 3.63) is 29.3 Å². The van der Waals surface area contributed by atoms with Crippen molar-refractivity contribution in [1.82, 2.24) is 5.32 Å². The summed E-state index contributed by atoms with van der Waals surface area (Å²) in [6.07, 6.45) is 3.01. The lowest BCUT2D eigenvalue weighted by atomic mass is 9.84. The quantitative estimate of drug-likeness (QED) is 0.890. The Hall–Kier alpha value is -1.06. The molecule has 0 aliphatic carbocycles. The van der Waals surface area contributed by atoms with Gasteiger partial charge in [0.25, 0.3) is 0 Å². The number of piperidine rings is 1. The molecule has 0 bridgehead atoms. The summed E-state index contributed by atoms with van der Waals surface area (Å²) in [6.45, 7) is 8.50. The summed E-state index contributed by atoms with van der Waals surface area (Å²) in [4.78, 5) is 12.2. The summed E-state index contributed by atoms with van der Waals surface area (Å²) in [5.41, 5.74) is 3.30. The number of carbonyl (C=O) groups excluding carboxylic acids is 1. The summed E-state index contributed by atoms with van der Waals surface area (Å²) in [6, 6.07) is 6.14. The largest absolute Gasteiger partial charge is 0.326 e. The highest BCUT2D eigenvalue weighted by molar-refractivity contribution is 5.91. The van der Waals surface area contributed by atoms with Gasteiger partial charge in [0.1, 0.15) is 0 Å². The lowest BCUT2D eigenvalue weighted by molar-refractivity contribution is -0.117. The van der Waals surface area contributed by atoms with Gasteiger partial charge in [-0.05, 0) is 63.2 Å². The van der Waals surface area contributed by atoms with E-state index in [1.807, 2.05) is 19.1 Å².